The molecule has 1 aromatic carbocycles. The molecule has 0 radical (unpaired) electrons. The van der Waals surface area contributed by atoms with E-state index in [1.807, 2.05) is 23.9 Å². The van der Waals surface area contributed by atoms with Crippen LogP contribution in [0.3, 0.4) is 0 Å². The standard InChI is InChI=1S/C15H21NO2S/c1-18-14-3-2-12(13(9-14)10-15(16)17)8-11-4-6-19-7-5-11/h2-3,9,11H,4-8,10H2,1H3,(H2,16,17). The fraction of sp³-hybridized carbons (Fsp3) is 0.533. The first-order chi connectivity index (χ1) is 9.19. The van der Waals surface area contributed by atoms with Crippen LogP contribution in [0.25, 0.3) is 0 Å². The van der Waals surface area contributed by atoms with Crippen molar-refractivity contribution in [3.05, 3.63) is 29.3 Å². The first-order valence-corrected chi connectivity index (χ1v) is 7.86. The van der Waals surface area contributed by atoms with Gasteiger partial charge in [0.25, 0.3) is 0 Å². The van der Waals surface area contributed by atoms with Gasteiger partial charge in [-0.2, -0.15) is 11.8 Å². The number of benzene rings is 1. The zero-order chi connectivity index (χ0) is 13.7. The molecule has 104 valence electrons. The second kappa shape index (κ2) is 6.85. The van der Waals surface area contributed by atoms with E-state index in [-0.39, 0.29) is 5.91 Å². The molecule has 1 amide bonds. The zero-order valence-electron chi connectivity index (χ0n) is 11.4. The zero-order valence-corrected chi connectivity index (χ0v) is 12.2. The summed E-state index contributed by atoms with van der Waals surface area (Å²) in [7, 11) is 1.64. The van der Waals surface area contributed by atoms with Gasteiger partial charge in [-0.15, -0.1) is 0 Å². The van der Waals surface area contributed by atoms with E-state index >= 15 is 0 Å². The quantitative estimate of drug-likeness (QED) is 0.900. The van der Waals surface area contributed by atoms with E-state index < -0.39 is 0 Å². The van der Waals surface area contributed by atoms with Gasteiger partial charge in [-0.3, -0.25) is 4.79 Å². The van der Waals surface area contributed by atoms with E-state index in [9.17, 15) is 4.79 Å². The molecule has 0 spiro atoms. The molecule has 0 atom stereocenters. The fourth-order valence-corrected chi connectivity index (χ4v) is 3.75. The number of carbonyl (C=O) groups is 1. The predicted molar refractivity (Wildman–Crippen MR) is 79.6 cm³/mol. The maximum atomic E-state index is 11.2. The van der Waals surface area contributed by atoms with Gasteiger partial charge in [0.15, 0.2) is 0 Å². The number of hydrogen-bond donors (Lipinski definition) is 1. The van der Waals surface area contributed by atoms with Crippen LogP contribution < -0.4 is 10.5 Å². The first kappa shape index (κ1) is 14.3. The third-order valence-electron chi connectivity index (χ3n) is 3.63. The lowest BCUT2D eigenvalue weighted by atomic mass is 9.90. The molecule has 3 nitrogen and oxygen atoms in total. The van der Waals surface area contributed by atoms with Crippen LogP contribution in [0.2, 0.25) is 0 Å². The normalized spacial score (nSPS) is 16.3. The molecule has 0 bridgehead atoms. The summed E-state index contributed by atoms with van der Waals surface area (Å²) in [6.07, 6.45) is 3.89. The molecule has 0 aromatic heterocycles. The Kier molecular flexibility index (Phi) is 5.14. The van der Waals surface area contributed by atoms with E-state index in [0.717, 1.165) is 23.7 Å². The maximum absolute atomic E-state index is 11.2. The highest BCUT2D eigenvalue weighted by Gasteiger charge is 2.16. The van der Waals surface area contributed by atoms with Crippen molar-refractivity contribution in [3.63, 3.8) is 0 Å². The highest BCUT2D eigenvalue weighted by molar-refractivity contribution is 7.99. The lowest BCUT2D eigenvalue weighted by Gasteiger charge is -2.22. The Hall–Kier alpha value is -1.16. The number of thioether (sulfide) groups is 1. The second-order valence-corrected chi connectivity index (χ2v) is 6.26. The number of hydrogen-bond acceptors (Lipinski definition) is 3. The van der Waals surface area contributed by atoms with Gasteiger partial charge in [0.1, 0.15) is 5.75 Å². The summed E-state index contributed by atoms with van der Waals surface area (Å²) in [5.74, 6) is 3.76. The molecule has 0 saturated carbocycles. The summed E-state index contributed by atoms with van der Waals surface area (Å²) >= 11 is 2.04. The molecule has 1 aliphatic heterocycles. The minimum atomic E-state index is -0.284. The summed E-state index contributed by atoms with van der Waals surface area (Å²) in [4.78, 5) is 11.2. The lowest BCUT2D eigenvalue weighted by Crippen LogP contribution is -2.17. The van der Waals surface area contributed by atoms with Crippen LogP contribution in [-0.2, 0) is 17.6 Å². The topological polar surface area (TPSA) is 52.3 Å². The summed E-state index contributed by atoms with van der Waals surface area (Å²) in [5, 5.41) is 0. The largest absolute Gasteiger partial charge is 0.497 e. The third kappa shape index (κ3) is 4.16. The molecule has 1 aromatic rings. The predicted octanol–water partition coefficient (Wildman–Crippen LogP) is 2.41. The molecular weight excluding hydrogens is 258 g/mol. The number of nitrogens with two attached hydrogens (primary N) is 1. The third-order valence-corrected chi connectivity index (χ3v) is 4.68. The molecule has 4 heteroatoms. The highest BCUT2D eigenvalue weighted by Crippen LogP contribution is 2.28. The Bertz CT molecular complexity index is 442. The van der Waals surface area contributed by atoms with Crippen LogP contribution in [-0.4, -0.2) is 24.5 Å². The fourth-order valence-electron chi connectivity index (χ4n) is 2.54. The minimum Gasteiger partial charge on any atom is -0.497 e. The van der Waals surface area contributed by atoms with Crippen LogP contribution in [0.5, 0.6) is 5.75 Å². The molecule has 1 fully saturated rings. The van der Waals surface area contributed by atoms with Gasteiger partial charge < -0.3 is 10.5 Å². The highest BCUT2D eigenvalue weighted by atomic mass is 32.2. The van der Waals surface area contributed by atoms with Gasteiger partial charge in [0, 0.05) is 0 Å². The summed E-state index contributed by atoms with van der Waals surface area (Å²) in [6.45, 7) is 0. The second-order valence-electron chi connectivity index (χ2n) is 5.04. The Labute approximate surface area is 118 Å². The van der Waals surface area contributed by atoms with E-state index in [1.54, 1.807) is 7.11 Å². The van der Waals surface area contributed by atoms with Crippen LogP contribution >= 0.6 is 11.8 Å². The van der Waals surface area contributed by atoms with Gasteiger partial charge >= 0.3 is 0 Å². The molecule has 0 unspecified atom stereocenters. The molecule has 2 rings (SSSR count). The van der Waals surface area contributed by atoms with Crippen molar-refractivity contribution in [1.29, 1.82) is 0 Å². The number of methoxy groups -OCH3 is 1. The Morgan fingerprint density at radius 2 is 2.11 bits per heavy atom. The molecule has 0 aliphatic carbocycles. The van der Waals surface area contributed by atoms with Gasteiger partial charge in [0.2, 0.25) is 5.91 Å². The van der Waals surface area contributed by atoms with E-state index in [2.05, 4.69) is 6.07 Å². The SMILES string of the molecule is COc1ccc(CC2CCSCC2)c(CC(N)=O)c1. The van der Waals surface area contributed by atoms with Crippen LogP contribution in [0, 0.1) is 5.92 Å². The number of primary amides is 1. The molecule has 1 heterocycles. The average Bonchev–Trinajstić information content (AvgIpc) is 2.41. The Balaban J connectivity index is 2.14. The number of carbonyl (C=O) groups excluding carboxylic acids is 1. The van der Waals surface area contributed by atoms with Crippen LogP contribution in [0.15, 0.2) is 18.2 Å². The maximum Gasteiger partial charge on any atom is 0.221 e. The number of ether oxygens (including phenoxy) is 1. The lowest BCUT2D eigenvalue weighted by molar-refractivity contribution is -0.117. The van der Waals surface area contributed by atoms with E-state index in [1.165, 1.54) is 29.9 Å². The number of amides is 1. The van der Waals surface area contributed by atoms with Crippen molar-refractivity contribution in [2.24, 2.45) is 11.7 Å². The molecular formula is C15H21NO2S. The monoisotopic (exact) mass is 279 g/mol. The molecule has 19 heavy (non-hydrogen) atoms. The van der Waals surface area contributed by atoms with Crippen molar-refractivity contribution in [2.75, 3.05) is 18.6 Å². The van der Waals surface area contributed by atoms with Crippen LogP contribution in [0.4, 0.5) is 0 Å². The Morgan fingerprint density at radius 1 is 1.37 bits per heavy atom. The summed E-state index contributed by atoms with van der Waals surface area (Å²) in [5.41, 5.74) is 7.60. The minimum absolute atomic E-state index is 0.284. The summed E-state index contributed by atoms with van der Waals surface area (Å²) < 4.78 is 5.23. The van der Waals surface area contributed by atoms with Crippen LogP contribution in [0.1, 0.15) is 24.0 Å². The molecule has 1 aliphatic rings. The van der Waals surface area contributed by atoms with Gasteiger partial charge in [-0.25, -0.2) is 0 Å². The van der Waals surface area contributed by atoms with Crippen molar-refractivity contribution >= 4 is 17.7 Å². The van der Waals surface area contributed by atoms with Gasteiger partial charge in [0.05, 0.1) is 13.5 Å². The smallest absolute Gasteiger partial charge is 0.221 e. The average molecular weight is 279 g/mol. The van der Waals surface area contributed by atoms with Crippen molar-refractivity contribution in [2.45, 2.75) is 25.7 Å². The van der Waals surface area contributed by atoms with E-state index in [4.69, 9.17) is 10.5 Å². The number of rotatable bonds is 5. The Morgan fingerprint density at radius 3 is 2.74 bits per heavy atom. The van der Waals surface area contributed by atoms with Gasteiger partial charge in [-0.1, -0.05) is 6.07 Å². The molecule has 1 saturated heterocycles. The van der Waals surface area contributed by atoms with Crippen molar-refractivity contribution in [3.8, 4) is 5.75 Å². The summed E-state index contributed by atoms with van der Waals surface area (Å²) in [6, 6.07) is 5.99. The molecule has 2 N–H and O–H groups in total. The van der Waals surface area contributed by atoms with Crippen molar-refractivity contribution < 1.29 is 9.53 Å². The van der Waals surface area contributed by atoms with E-state index in [0.29, 0.717) is 6.42 Å². The van der Waals surface area contributed by atoms with Gasteiger partial charge in [-0.05, 0) is 59.9 Å². The van der Waals surface area contributed by atoms with Crippen molar-refractivity contribution in [1.82, 2.24) is 0 Å². The first-order valence-electron chi connectivity index (χ1n) is 6.71.